The highest BCUT2D eigenvalue weighted by molar-refractivity contribution is 7.92. The fourth-order valence-corrected chi connectivity index (χ4v) is 2.31. The third kappa shape index (κ3) is 4.58. The summed E-state index contributed by atoms with van der Waals surface area (Å²) in [7, 11) is -3.72. The van der Waals surface area contributed by atoms with E-state index in [9.17, 15) is 13.2 Å². The molecule has 0 saturated heterocycles. The van der Waals surface area contributed by atoms with Crippen molar-refractivity contribution in [2.24, 2.45) is 0 Å². The van der Waals surface area contributed by atoms with Crippen LogP contribution >= 0.6 is 11.6 Å². The number of carboxylic acids is 1. The Morgan fingerprint density at radius 2 is 2.24 bits per heavy atom. The summed E-state index contributed by atoms with van der Waals surface area (Å²) in [4.78, 5) is 14.1. The van der Waals surface area contributed by atoms with Crippen LogP contribution in [0.5, 0.6) is 0 Å². The molecule has 0 fully saturated rings. The molecule has 0 aliphatic rings. The molecular weight excluding hydrogens is 268 g/mol. The van der Waals surface area contributed by atoms with Crippen molar-refractivity contribution in [2.45, 2.75) is 13.3 Å². The molecule has 0 atom stereocenters. The lowest BCUT2D eigenvalue weighted by Gasteiger charge is -2.08. The highest BCUT2D eigenvalue weighted by atomic mass is 35.5. The van der Waals surface area contributed by atoms with Gasteiger partial charge in [-0.05, 0) is 18.6 Å². The van der Waals surface area contributed by atoms with Gasteiger partial charge in [0.15, 0.2) is 5.15 Å². The average Bonchev–Trinajstić information content (AvgIpc) is 2.20. The number of aryl methyl sites for hydroxylation is 1. The number of rotatable bonds is 5. The van der Waals surface area contributed by atoms with E-state index in [1.54, 1.807) is 6.92 Å². The Bertz CT molecular complexity index is 530. The van der Waals surface area contributed by atoms with Crippen LogP contribution < -0.4 is 4.72 Å². The largest absolute Gasteiger partial charge is 0.481 e. The minimum absolute atomic E-state index is 0.0227. The zero-order valence-electron chi connectivity index (χ0n) is 8.97. The Morgan fingerprint density at radius 3 is 2.82 bits per heavy atom. The van der Waals surface area contributed by atoms with Gasteiger partial charge in [0, 0.05) is 6.20 Å². The van der Waals surface area contributed by atoms with Crippen LogP contribution in [0.3, 0.4) is 0 Å². The lowest BCUT2D eigenvalue weighted by molar-refractivity contribution is -0.136. The maximum Gasteiger partial charge on any atom is 0.304 e. The molecule has 0 radical (unpaired) electrons. The fraction of sp³-hybridized carbons (Fsp3) is 0.333. The number of hydrogen-bond donors (Lipinski definition) is 2. The van der Waals surface area contributed by atoms with Gasteiger partial charge < -0.3 is 5.11 Å². The maximum atomic E-state index is 11.5. The molecule has 1 heterocycles. The molecule has 0 aromatic carbocycles. The molecule has 6 nitrogen and oxygen atoms in total. The summed E-state index contributed by atoms with van der Waals surface area (Å²) >= 11 is 5.71. The van der Waals surface area contributed by atoms with E-state index in [1.165, 1.54) is 12.3 Å². The van der Waals surface area contributed by atoms with Gasteiger partial charge in [-0.1, -0.05) is 11.6 Å². The second-order valence-electron chi connectivity index (χ2n) is 3.42. The van der Waals surface area contributed by atoms with Crippen molar-refractivity contribution in [2.75, 3.05) is 10.5 Å². The third-order valence-corrected chi connectivity index (χ3v) is 3.40. The average molecular weight is 279 g/mol. The van der Waals surface area contributed by atoms with Gasteiger partial charge in [0.1, 0.15) is 0 Å². The topological polar surface area (TPSA) is 96.4 Å². The van der Waals surface area contributed by atoms with Crippen LogP contribution in [0.4, 0.5) is 5.69 Å². The summed E-state index contributed by atoms with van der Waals surface area (Å²) in [6.07, 6.45) is 1.03. The van der Waals surface area contributed by atoms with E-state index in [0.29, 0.717) is 0 Å². The summed E-state index contributed by atoms with van der Waals surface area (Å²) < 4.78 is 25.2. The van der Waals surface area contributed by atoms with E-state index in [1.807, 2.05) is 0 Å². The Morgan fingerprint density at radius 1 is 1.59 bits per heavy atom. The first-order valence-electron chi connectivity index (χ1n) is 4.64. The maximum absolute atomic E-state index is 11.5. The monoisotopic (exact) mass is 278 g/mol. The number of sulfonamides is 1. The van der Waals surface area contributed by atoms with Gasteiger partial charge in [-0.25, -0.2) is 13.4 Å². The zero-order chi connectivity index (χ0) is 13.1. The number of aliphatic carboxylic acids is 1. The number of nitrogens with one attached hydrogen (secondary N) is 1. The predicted octanol–water partition coefficient (Wildman–Crippen LogP) is 1.26. The van der Waals surface area contributed by atoms with E-state index in [2.05, 4.69) is 9.71 Å². The van der Waals surface area contributed by atoms with Crippen molar-refractivity contribution in [3.8, 4) is 0 Å². The van der Waals surface area contributed by atoms with Gasteiger partial charge >= 0.3 is 5.97 Å². The van der Waals surface area contributed by atoms with Crippen molar-refractivity contribution in [3.63, 3.8) is 0 Å². The zero-order valence-corrected chi connectivity index (χ0v) is 10.5. The van der Waals surface area contributed by atoms with Crippen molar-refractivity contribution in [3.05, 3.63) is 23.0 Å². The highest BCUT2D eigenvalue weighted by Gasteiger charge is 2.15. The van der Waals surface area contributed by atoms with Crippen LogP contribution in [0, 0.1) is 6.92 Å². The SMILES string of the molecule is Cc1cnc(Cl)c(NS(=O)(=O)CCC(=O)O)c1. The van der Waals surface area contributed by atoms with Crippen molar-refractivity contribution >= 4 is 33.3 Å². The lowest BCUT2D eigenvalue weighted by Crippen LogP contribution is -2.19. The number of aromatic nitrogens is 1. The minimum atomic E-state index is -3.72. The van der Waals surface area contributed by atoms with Gasteiger partial charge in [0.05, 0.1) is 17.9 Å². The number of carbonyl (C=O) groups is 1. The standard InChI is InChI=1S/C9H11ClN2O4S/c1-6-4-7(9(10)11-5-6)12-17(15,16)3-2-8(13)14/h4-5,12H,2-3H2,1H3,(H,13,14). The molecule has 0 amide bonds. The number of hydrogen-bond acceptors (Lipinski definition) is 4. The molecule has 0 aliphatic heterocycles. The van der Waals surface area contributed by atoms with Gasteiger partial charge in [-0.2, -0.15) is 0 Å². The summed E-state index contributed by atoms with van der Waals surface area (Å²) in [5, 5.41) is 8.43. The van der Waals surface area contributed by atoms with E-state index in [0.717, 1.165) is 5.56 Å². The van der Waals surface area contributed by atoms with Crippen LogP contribution in [-0.2, 0) is 14.8 Å². The van der Waals surface area contributed by atoms with Crippen LogP contribution in [0.25, 0.3) is 0 Å². The van der Waals surface area contributed by atoms with E-state index in [-0.39, 0.29) is 10.8 Å². The number of carboxylic acid groups (broad SMARTS) is 1. The molecule has 8 heteroatoms. The summed E-state index contributed by atoms with van der Waals surface area (Å²) in [5.41, 5.74) is 0.891. The lowest BCUT2D eigenvalue weighted by atomic mass is 10.3. The number of nitrogens with zero attached hydrogens (tertiary/aromatic N) is 1. The molecule has 0 bridgehead atoms. The molecule has 0 aliphatic carbocycles. The molecule has 0 unspecified atom stereocenters. The van der Waals surface area contributed by atoms with E-state index in [4.69, 9.17) is 16.7 Å². The molecule has 1 aromatic heterocycles. The summed E-state index contributed by atoms with van der Waals surface area (Å²) in [6.45, 7) is 1.73. The van der Waals surface area contributed by atoms with Crippen LogP contribution in [0.15, 0.2) is 12.3 Å². The Labute approximate surface area is 104 Å². The van der Waals surface area contributed by atoms with Gasteiger partial charge in [-0.15, -0.1) is 0 Å². The van der Waals surface area contributed by atoms with Gasteiger partial charge in [0.2, 0.25) is 10.0 Å². The van der Waals surface area contributed by atoms with Crippen LogP contribution in [0.1, 0.15) is 12.0 Å². The van der Waals surface area contributed by atoms with E-state index < -0.39 is 28.2 Å². The first-order chi connectivity index (χ1) is 7.80. The van der Waals surface area contributed by atoms with Crippen molar-refractivity contribution in [1.29, 1.82) is 0 Å². The number of anilines is 1. The molecule has 1 aromatic rings. The number of halogens is 1. The Kier molecular flexibility index (Phi) is 4.30. The van der Waals surface area contributed by atoms with Crippen LogP contribution in [0.2, 0.25) is 5.15 Å². The molecule has 1 rings (SSSR count). The molecule has 0 saturated carbocycles. The first-order valence-corrected chi connectivity index (χ1v) is 6.67. The molecule has 0 spiro atoms. The predicted molar refractivity (Wildman–Crippen MR) is 63.6 cm³/mol. The smallest absolute Gasteiger partial charge is 0.304 e. The van der Waals surface area contributed by atoms with Crippen LogP contribution in [-0.4, -0.2) is 30.2 Å². The quantitative estimate of drug-likeness (QED) is 0.791. The number of pyridine rings is 1. The molecule has 17 heavy (non-hydrogen) atoms. The van der Waals surface area contributed by atoms with Gasteiger partial charge in [0.25, 0.3) is 0 Å². The Balaban J connectivity index is 2.83. The summed E-state index contributed by atoms with van der Waals surface area (Å²) in [6, 6.07) is 1.52. The fourth-order valence-electron chi connectivity index (χ4n) is 1.06. The normalized spacial score (nSPS) is 11.2. The van der Waals surface area contributed by atoms with Crippen molar-refractivity contribution in [1.82, 2.24) is 4.98 Å². The second-order valence-corrected chi connectivity index (χ2v) is 5.62. The minimum Gasteiger partial charge on any atom is -0.481 e. The molecular formula is C9H11ClN2O4S. The highest BCUT2D eigenvalue weighted by Crippen LogP contribution is 2.21. The molecule has 2 N–H and O–H groups in total. The molecule has 94 valence electrons. The second kappa shape index (κ2) is 5.33. The Hall–Kier alpha value is -1.34. The van der Waals surface area contributed by atoms with E-state index >= 15 is 0 Å². The first kappa shape index (κ1) is 13.7. The third-order valence-electron chi connectivity index (χ3n) is 1.83. The van der Waals surface area contributed by atoms with Gasteiger partial charge in [-0.3, -0.25) is 9.52 Å². The summed E-state index contributed by atoms with van der Waals surface area (Å²) in [5.74, 6) is -1.68. The van der Waals surface area contributed by atoms with Crippen molar-refractivity contribution < 1.29 is 18.3 Å².